The van der Waals surface area contributed by atoms with Gasteiger partial charge in [0.15, 0.2) is 6.10 Å². The van der Waals surface area contributed by atoms with Crippen LogP contribution in [0.15, 0.2) is 36.5 Å². The maximum atomic E-state index is 12.1. The van der Waals surface area contributed by atoms with Crippen LogP contribution >= 0.6 is 0 Å². The first-order valence-electron chi connectivity index (χ1n) is 8.43. The molecule has 27 heavy (non-hydrogen) atoms. The van der Waals surface area contributed by atoms with Crippen molar-refractivity contribution in [2.45, 2.75) is 39.7 Å². The summed E-state index contributed by atoms with van der Waals surface area (Å²) in [4.78, 5) is 46.9. The lowest BCUT2D eigenvalue weighted by molar-refractivity contribution is -0.162. The predicted molar refractivity (Wildman–Crippen MR) is 98.5 cm³/mol. The van der Waals surface area contributed by atoms with Crippen molar-refractivity contribution in [3.63, 3.8) is 0 Å². The molecule has 0 aliphatic rings. The van der Waals surface area contributed by atoms with Crippen molar-refractivity contribution < 1.29 is 33.4 Å². The molecule has 0 aliphatic heterocycles. The number of carbonyl (C=O) groups is 4. The van der Waals surface area contributed by atoms with E-state index in [4.69, 9.17) is 14.2 Å². The number of nitrogens with one attached hydrogen (secondary N) is 1. The van der Waals surface area contributed by atoms with E-state index >= 15 is 0 Å². The van der Waals surface area contributed by atoms with E-state index in [1.807, 2.05) is 6.92 Å². The Bertz CT molecular complexity index is 592. The number of hydrogen-bond acceptors (Lipinski definition) is 7. The van der Waals surface area contributed by atoms with Gasteiger partial charge in [0, 0.05) is 17.7 Å². The van der Waals surface area contributed by atoms with Gasteiger partial charge in [0.05, 0.1) is 0 Å². The van der Waals surface area contributed by atoms with E-state index in [2.05, 4.69) is 25.1 Å². The lowest BCUT2D eigenvalue weighted by Crippen LogP contribution is -2.35. The minimum absolute atomic E-state index is 0.152. The molecule has 0 rings (SSSR count). The first-order valence-corrected chi connectivity index (χ1v) is 8.43. The first-order chi connectivity index (χ1) is 12.6. The molecule has 0 radical (unpaired) electrons. The van der Waals surface area contributed by atoms with E-state index < -0.39 is 35.5 Å². The Morgan fingerprint density at radius 1 is 0.889 bits per heavy atom. The van der Waals surface area contributed by atoms with E-state index in [0.29, 0.717) is 6.54 Å². The molecule has 1 N–H and O–H groups in total. The van der Waals surface area contributed by atoms with Crippen LogP contribution in [0.5, 0.6) is 0 Å². The number of unbranched alkanes of at least 4 members (excludes halogenated alkanes) is 1. The molecular formula is C19H27NO7. The minimum atomic E-state index is -1.12. The Morgan fingerprint density at radius 2 is 1.37 bits per heavy atom. The van der Waals surface area contributed by atoms with Crippen LogP contribution in [0.3, 0.4) is 0 Å². The van der Waals surface area contributed by atoms with Gasteiger partial charge in [-0.2, -0.15) is 0 Å². The third-order valence-electron chi connectivity index (χ3n) is 3.11. The Morgan fingerprint density at radius 3 is 1.78 bits per heavy atom. The van der Waals surface area contributed by atoms with E-state index in [0.717, 1.165) is 12.8 Å². The lowest BCUT2D eigenvalue weighted by Gasteiger charge is -2.18. The Balaban J connectivity index is 4.85. The zero-order valence-electron chi connectivity index (χ0n) is 16.1. The second-order valence-electron chi connectivity index (χ2n) is 5.87. The fraction of sp³-hybridized carbons (Fsp3) is 0.474. The largest absolute Gasteiger partial charge is 0.458 e. The average Bonchev–Trinajstić information content (AvgIpc) is 2.62. The van der Waals surface area contributed by atoms with E-state index in [-0.39, 0.29) is 24.4 Å². The summed E-state index contributed by atoms with van der Waals surface area (Å²) in [5.74, 6) is -3.06. The van der Waals surface area contributed by atoms with Crippen LogP contribution in [0, 0.1) is 0 Å². The Kier molecular flexibility index (Phi) is 11.1. The SMILES string of the molecule is C=C(C)C(=O)OCC(COC(=O)C(=C)C)OC(=O)C(=C)C(=O)NCCCC. The molecule has 0 unspecified atom stereocenters. The molecule has 0 aliphatic carbocycles. The van der Waals surface area contributed by atoms with Gasteiger partial charge < -0.3 is 19.5 Å². The van der Waals surface area contributed by atoms with Crippen molar-refractivity contribution in [2.75, 3.05) is 19.8 Å². The van der Waals surface area contributed by atoms with Crippen molar-refractivity contribution in [3.8, 4) is 0 Å². The number of amides is 1. The van der Waals surface area contributed by atoms with Crippen molar-refractivity contribution in [1.29, 1.82) is 0 Å². The quantitative estimate of drug-likeness (QED) is 0.137. The number of esters is 3. The molecule has 0 aromatic carbocycles. The molecule has 8 heteroatoms. The van der Waals surface area contributed by atoms with Crippen LogP contribution in [-0.4, -0.2) is 49.7 Å². The standard InChI is InChI=1S/C19H27NO7/c1-7-8-9-20-16(21)14(6)19(24)27-15(10-25-17(22)12(2)3)11-26-18(23)13(4)5/h15H,2,4,6-11H2,1,3,5H3,(H,20,21). The summed E-state index contributed by atoms with van der Waals surface area (Å²) in [7, 11) is 0. The molecule has 0 atom stereocenters. The smallest absolute Gasteiger partial charge is 0.343 e. The van der Waals surface area contributed by atoms with Crippen LogP contribution in [0.4, 0.5) is 0 Å². The van der Waals surface area contributed by atoms with Gasteiger partial charge in [0.2, 0.25) is 0 Å². The predicted octanol–water partition coefficient (Wildman–Crippen LogP) is 1.61. The summed E-state index contributed by atoms with van der Waals surface area (Å²) in [5.41, 5.74) is -0.106. The zero-order chi connectivity index (χ0) is 21.0. The third kappa shape index (κ3) is 9.98. The fourth-order valence-electron chi connectivity index (χ4n) is 1.50. The first kappa shape index (κ1) is 24.1. The van der Waals surface area contributed by atoms with Gasteiger partial charge in [0.25, 0.3) is 5.91 Å². The van der Waals surface area contributed by atoms with Crippen molar-refractivity contribution >= 4 is 23.8 Å². The number of hydrogen-bond donors (Lipinski definition) is 1. The van der Waals surface area contributed by atoms with Crippen LogP contribution in [-0.2, 0) is 33.4 Å². The molecule has 0 fully saturated rings. The molecule has 0 heterocycles. The van der Waals surface area contributed by atoms with E-state index in [9.17, 15) is 19.2 Å². The highest BCUT2D eigenvalue weighted by molar-refractivity contribution is 6.15. The number of ether oxygens (including phenoxy) is 3. The molecule has 150 valence electrons. The second-order valence-corrected chi connectivity index (χ2v) is 5.87. The maximum absolute atomic E-state index is 12.1. The summed E-state index contributed by atoms with van der Waals surface area (Å²) in [6, 6.07) is 0. The van der Waals surface area contributed by atoms with Gasteiger partial charge in [-0.1, -0.05) is 33.1 Å². The molecule has 0 aromatic heterocycles. The summed E-state index contributed by atoms with van der Waals surface area (Å²) in [5, 5.41) is 2.53. The Hall–Kier alpha value is -2.90. The monoisotopic (exact) mass is 381 g/mol. The van der Waals surface area contributed by atoms with Crippen molar-refractivity contribution in [3.05, 3.63) is 36.5 Å². The number of carbonyl (C=O) groups excluding carboxylic acids is 4. The van der Waals surface area contributed by atoms with E-state index in [1.54, 1.807) is 0 Å². The van der Waals surface area contributed by atoms with Crippen LogP contribution < -0.4 is 5.32 Å². The molecule has 0 saturated carbocycles. The molecule has 1 amide bonds. The summed E-state index contributed by atoms with van der Waals surface area (Å²) >= 11 is 0. The Labute approximate surface area is 159 Å². The van der Waals surface area contributed by atoms with Crippen LogP contribution in [0.2, 0.25) is 0 Å². The van der Waals surface area contributed by atoms with Gasteiger partial charge >= 0.3 is 17.9 Å². The molecular weight excluding hydrogens is 354 g/mol. The van der Waals surface area contributed by atoms with Gasteiger partial charge in [-0.05, 0) is 20.3 Å². The molecule has 8 nitrogen and oxygen atoms in total. The topological polar surface area (TPSA) is 108 Å². The van der Waals surface area contributed by atoms with Crippen molar-refractivity contribution in [1.82, 2.24) is 5.32 Å². The zero-order valence-corrected chi connectivity index (χ0v) is 16.1. The third-order valence-corrected chi connectivity index (χ3v) is 3.11. The molecule has 0 spiro atoms. The van der Waals surface area contributed by atoms with Crippen molar-refractivity contribution in [2.24, 2.45) is 0 Å². The second kappa shape index (κ2) is 12.5. The molecule has 0 saturated heterocycles. The fourth-order valence-corrected chi connectivity index (χ4v) is 1.50. The van der Waals surface area contributed by atoms with Gasteiger partial charge in [-0.25, -0.2) is 14.4 Å². The van der Waals surface area contributed by atoms with Gasteiger partial charge in [-0.15, -0.1) is 0 Å². The van der Waals surface area contributed by atoms with Gasteiger partial charge in [-0.3, -0.25) is 4.79 Å². The molecule has 0 bridgehead atoms. The summed E-state index contributed by atoms with van der Waals surface area (Å²) in [6.45, 7) is 14.8. The maximum Gasteiger partial charge on any atom is 0.343 e. The summed E-state index contributed by atoms with van der Waals surface area (Å²) < 4.78 is 14.9. The highest BCUT2D eigenvalue weighted by Crippen LogP contribution is 2.05. The lowest BCUT2D eigenvalue weighted by atomic mass is 10.2. The minimum Gasteiger partial charge on any atom is -0.458 e. The van der Waals surface area contributed by atoms with E-state index in [1.165, 1.54) is 13.8 Å². The highest BCUT2D eigenvalue weighted by Gasteiger charge is 2.24. The average molecular weight is 381 g/mol. The van der Waals surface area contributed by atoms with Gasteiger partial charge in [0.1, 0.15) is 18.8 Å². The molecule has 0 aromatic rings. The normalized spacial score (nSPS) is 9.93. The van der Waals surface area contributed by atoms with Crippen LogP contribution in [0.25, 0.3) is 0 Å². The highest BCUT2D eigenvalue weighted by atomic mass is 16.6. The number of rotatable bonds is 12. The van der Waals surface area contributed by atoms with Crippen LogP contribution in [0.1, 0.15) is 33.6 Å². The summed E-state index contributed by atoms with van der Waals surface area (Å²) in [6.07, 6.45) is 0.510.